The fraction of sp³-hybridized carbons (Fsp3) is 0.125. The van der Waals surface area contributed by atoms with Crippen molar-refractivity contribution in [2.24, 2.45) is 0 Å². The molecule has 0 aliphatic rings. The van der Waals surface area contributed by atoms with Crippen molar-refractivity contribution < 1.29 is 4.79 Å². The van der Waals surface area contributed by atoms with Gasteiger partial charge in [-0.05, 0) is 43.7 Å². The molecule has 1 N–H and O–H groups in total. The highest BCUT2D eigenvalue weighted by Crippen LogP contribution is 2.21. The predicted molar refractivity (Wildman–Crippen MR) is 84.1 cm³/mol. The highest BCUT2D eigenvalue weighted by Gasteiger charge is 2.13. The van der Waals surface area contributed by atoms with Gasteiger partial charge in [0.1, 0.15) is 5.65 Å². The van der Waals surface area contributed by atoms with Gasteiger partial charge in [-0.1, -0.05) is 17.7 Å². The lowest BCUT2D eigenvalue weighted by Crippen LogP contribution is -2.14. The van der Waals surface area contributed by atoms with Gasteiger partial charge in [0.15, 0.2) is 0 Å². The maximum absolute atomic E-state index is 12.5. The van der Waals surface area contributed by atoms with Gasteiger partial charge in [-0.15, -0.1) is 0 Å². The van der Waals surface area contributed by atoms with E-state index in [-0.39, 0.29) is 5.91 Å². The van der Waals surface area contributed by atoms with E-state index in [9.17, 15) is 4.79 Å². The molecule has 106 valence electrons. The van der Waals surface area contributed by atoms with Crippen LogP contribution >= 0.6 is 11.6 Å². The highest BCUT2D eigenvalue weighted by molar-refractivity contribution is 6.31. The number of imidazole rings is 1. The van der Waals surface area contributed by atoms with Gasteiger partial charge in [0.2, 0.25) is 0 Å². The summed E-state index contributed by atoms with van der Waals surface area (Å²) in [5.74, 6) is -0.198. The van der Waals surface area contributed by atoms with Crippen LogP contribution in [0.5, 0.6) is 0 Å². The average Bonchev–Trinajstić information content (AvgIpc) is 2.82. The number of hydrogen-bond acceptors (Lipinski definition) is 2. The Kier molecular flexibility index (Phi) is 3.39. The van der Waals surface area contributed by atoms with E-state index < -0.39 is 0 Å². The Hall–Kier alpha value is -2.33. The SMILES string of the molecule is Cc1cn2cccc(C(=O)Nc3cc(Cl)ccc3C)c2n1. The summed E-state index contributed by atoms with van der Waals surface area (Å²) in [6.45, 7) is 3.82. The molecule has 2 aromatic heterocycles. The Balaban J connectivity index is 1.99. The molecule has 0 fully saturated rings. The van der Waals surface area contributed by atoms with Gasteiger partial charge in [0.05, 0.1) is 11.3 Å². The van der Waals surface area contributed by atoms with E-state index in [1.54, 1.807) is 18.2 Å². The highest BCUT2D eigenvalue weighted by atomic mass is 35.5. The summed E-state index contributed by atoms with van der Waals surface area (Å²) in [7, 11) is 0. The molecule has 0 aliphatic heterocycles. The van der Waals surface area contributed by atoms with Crippen molar-refractivity contribution in [3.05, 3.63) is 64.6 Å². The number of carbonyl (C=O) groups is 1. The van der Waals surface area contributed by atoms with Gasteiger partial charge in [-0.2, -0.15) is 0 Å². The topological polar surface area (TPSA) is 46.4 Å². The molecule has 21 heavy (non-hydrogen) atoms. The first-order valence-electron chi connectivity index (χ1n) is 6.56. The minimum Gasteiger partial charge on any atom is -0.322 e. The number of anilines is 1. The number of pyridine rings is 1. The number of fused-ring (bicyclic) bond motifs is 1. The van der Waals surface area contributed by atoms with E-state index >= 15 is 0 Å². The summed E-state index contributed by atoms with van der Waals surface area (Å²) >= 11 is 5.98. The predicted octanol–water partition coefficient (Wildman–Crippen LogP) is 3.86. The van der Waals surface area contributed by atoms with E-state index in [1.807, 2.05) is 42.8 Å². The van der Waals surface area contributed by atoms with E-state index in [0.29, 0.717) is 21.9 Å². The first-order chi connectivity index (χ1) is 10.0. The number of aryl methyl sites for hydroxylation is 2. The third kappa shape index (κ3) is 2.62. The Morgan fingerprint density at radius 3 is 2.90 bits per heavy atom. The maximum Gasteiger partial charge on any atom is 0.259 e. The summed E-state index contributed by atoms with van der Waals surface area (Å²) in [6, 6.07) is 9.00. The molecule has 3 aromatic rings. The summed E-state index contributed by atoms with van der Waals surface area (Å²) < 4.78 is 1.84. The van der Waals surface area contributed by atoms with Crippen LogP contribution in [0.25, 0.3) is 5.65 Å². The number of benzene rings is 1. The number of carbonyl (C=O) groups excluding carboxylic acids is 1. The molecule has 0 aliphatic carbocycles. The van der Waals surface area contributed by atoms with Crippen molar-refractivity contribution in [1.29, 1.82) is 0 Å². The Morgan fingerprint density at radius 1 is 1.29 bits per heavy atom. The monoisotopic (exact) mass is 299 g/mol. The minimum absolute atomic E-state index is 0.198. The first kappa shape index (κ1) is 13.6. The van der Waals surface area contributed by atoms with Gasteiger partial charge in [-0.25, -0.2) is 4.98 Å². The van der Waals surface area contributed by atoms with Gasteiger partial charge >= 0.3 is 0 Å². The molecule has 0 saturated heterocycles. The summed E-state index contributed by atoms with van der Waals surface area (Å²) in [5, 5.41) is 3.48. The molecule has 1 amide bonds. The van der Waals surface area contributed by atoms with Crippen molar-refractivity contribution in [1.82, 2.24) is 9.38 Å². The summed E-state index contributed by atoms with van der Waals surface area (Å²) in [4.78, 5) is 16.9. The van der Waals surface area contributed by atoms with Gasteiger partial charge < -0.3 is 9.72 Å². The summed E-state index contributed by atoms with van der Waals surface area (Å²) in [6.07, 6.45) is 3.76. The molecule has 0 bridgehead atoms. The number of nitrogens with one attached hydrogen (secondary N) is 1. The first-order valence-corrected chi connectivity index (χ1v) is 6.94. The molecule has 4 nitrogen and oxygen atoms in total. The van der Waals surface area contributed by atoms with Crippen LogP contribution in [-0.4, -0.2) is 15.3 Å². The third-order valence-corrected chi connectivity index (χ3v) is 3.53. The second kappa shape index (κ2) is 5.22. The quantitative estimate of drug-likeness (QED) is 0.781. The van der Waals surface area contributed by atoms with Gasteiger partial charge in [-0.3, -0.25) is 4.79 Å². The van der Waals surface area contributed by atoms with Crippen molar-refractivity contribution in [2.75, 3.05) is 5.32 Å². The maximum atomic E-state index is 12.5. The Labute approximate surface area is 127 Å². The van der Waals surface area contributed by atoms with Crippen molar-refractivity contribution in [2.45, 2.75) is 13.8 Å². The lowest BCUT2D eigenvalue weighted by atomic mass is 10.2. The zero-order valence-corrected chi connectivity index (χ0v) is 12.5. The minimum atomic E-state index is -0.198. The van der Waals surface area contributed by atoms with Crippen LogP contribution in [0.4, 0.5) is 5.69 Å². The van der Waals surface area contributed by atoms with E-state index in [2.05, 4.69) is 10.3 Å². The van der Waals surface area contributed by atoms with E-state index in [4.69, 9.17) is 11.6 Å². The molecular weight excluding hydrogens is 286 g/mol. The van der Waals surface area contributed by atoms with E-state index in [0.717, 1.165) is 11.3 Å². The number of halogens is 1. The molecular formula is C16H14ClN3O. The van der Waals surface area contributed by atoms with Crippen molar-refractivity contribution >= 4 is 28.8 Å². The fourth-order valence-electron chi connectivity index (χ4n) is 2.23. The lowest BCUT2D eigenvalue weighted by Gasteiger charge is -2.09. The fourth-order valence-corrected chi connectivity index (χ4v) is 2.40. The molecule has 5 heteroatoms. The molecule has 3 rings (SSSR count). The van der Waals surface area contributed by atoms with Crippen LogP contribution < -0.4 is 5.32 Å². The van der Waals surface area contributed by atoms with Crippen LogP contribution in [0.2, 0.25) is 5.02 Å². The second-order valence-electron chi connectivity index (χ2n) is 4.95. The molecule has 0 atom stereocenters. The molecule has 0 unspecified atom stereocenters. The third-order valence-electron chi connectivity index (χ3n) is 3.30. The number of aromatic nitrogens is 2. The lowest BCUT2D eigenvalue weighted by molar-refractivity contribution is 0.102. The molecule has 0 saturated carbocycles. The Morgan fingerprint density at radius 2 is 2.10 bits per heavy atom. The normalized spacial score (nSPS) is 10.8. The standard InChI is InChI=1S/C16H14ClN3O/c1-10-5-6-12(17)8-14(10)19-16(21)13-4-3-7-20-9-11(2)18-15(13)20/h3-9H,1-2H3,(H,19,21). The smallest absolute Gasteiger partial charge is 0.259 e. The number of nitrogens with zero attached hydrogens (tertiary/aromatic N) is 2. The van der Waals surface area contributed by atoms with Crippen LogP contribution in [0.3, 0.4) is 0 Å². The molecule has 0 radical (unpaired) electrons. The van der Waals surface area contributed by atoms with Gasteiger partial charge in [0.25, 0.3) is 5.91 Å². The largest absolute Gasteiger partial charge is 0.322 e. The second-order valence-corrected chi connectivity index (χ2v) is 5.38. The molecule has 0 spiro atoms. The average molecular weight is 300 g/mol. The zero-order chi connectivity index (χ0) is 15.0. The number of hydrogen-bond donors (Lipinski definition) is 1. The van der Waals surface area contributed by atoms with Crippen LogP contribution in [0.1, 0.15) is 21.6 Å². The van der Waals surface area contributed by atoms with Crippen LogP contribution in [0, 0.1) is 13.8 Å². The molecule has 2 heterocycles. The molecule has 1 aromatic carbocycles. The van der Waals surface area contributed by atoms with Gasteiger partial charge in [0, 0.05) is 23.1 Å². The Bertz CT molecular complexity index is 839. The van der Waals surface area contributed by atoms with Crippen LogP contribution in [-0.2, 0) is 0 Å². The van der Waals surface area contributed by atoms with Crippen LogP contribution in [0.15, 0.2) is 42.7 Å². The number of rotatable bonds is 2. The summed E-state index contributed by atoms with van der Waals surface area (Å²) in [5.41, 5.74) is 3.71. The van der Waals surface area contributed by atoms with E-state index in [1.165, 1.54) is 0 Å². The zero-order valence-electron chi connectivity index (χ0n) is 11.7. The van der Waals surface area contributed by atoms with Crippen molar-refractivity contribution in [3.63, 3.8) is 0 Å². The number of amides is 1. The van der Waals surface area contributed by atoms with Crippen molar-refractivity contribution in [3.8, 4) is 0 Å².